The van der Waals surface area contributed by atoms with Gasteiger partial charge in [0, 0.05) is 19.0 Å². The zero-order chi connectivity index (χ0) is 13.7. The molecule has 0 radical (unpaired) electrons. The average Bonchev–Trinajstić information content (AvgIpc) is 2.86. The van der Waals surface area contributed by atoms with Crippen molar-refractivity contribution < 1.29 is 14.6 Å². The molecule has 1 saturated carbocycles. The van der Waals surface area contributed by atoms with E-state index in [2.05, 4.69) is 10.3 Å². The maximum atomic E-state index is 11.5. The van der Waals surface area contributed by atoms with Crippen LogP contribution in [0.3, 0.4) is 0 Å². The summed E-state index contributed by atoms with van der Waals surface area (Å²) in [5.74, 6) is -0.737. The van der Waals surface area contributed by atoms with Gasteiger partial charge in [0.05, 0.1) is 12.3 Å². The molecule has 0 spiro atoms. The minimum atomic E-state index is -0.761. The summed E-state index contributed by atoms with van der Waals surface area (Å²) >= 11 is 1.54. The predicted molar refractivity (Wildman–Crippen MR) is 73.1 cm³/mol. The van der Waals surface area contributed by atoms with E-state index in [4.69, 9.17) is 4.74 Å². The fourth-order valence-electron chi connectivity index (χ4n) is 2.50. The number of carbonyl (C=O) groups is 1. The molecular formula is C13H20N2O3S. The Kier molecular flexibility index (Phi) is 4.90. The summed E-state index contributed by atoms with van der Waals surface area (Å²) in [7, 11) is 1.64. The van der Waals surface area contributed by atoms with E-state index in [0.29, 0.717) is 26.0 Å². The molecule has 6 heteroatoms. The molecule has 106 valence electrons. The molecular weight excluding hydrogens is 264 g/mol. The van der Waals surface area contributed by atoms with E-state index >= 15 is 0 Å². The molecule has 1 aromatic heterocycles. The van der Waals surface area contributed by atoms with Crippen molar-refractivity contribution in [3.63, 3.8) is 0 Å². The number of nitrogens with zero attached hydrogens (tertiary/aromatic N) is 1. The van der Waals surface area contributed by atoms with Crippen LogP contribution in [0.15, 0.2) is 5.38 Å². The third-order valence-electron chi connectivity index (χ3n) is 3.59. The van der Waals surface area contributed by atoms with E-state index in [1.807, 2.05) is 5.38 Å². The van der Waals surface area contributed by atoms with Gasteiger partial charge in [-0.1, -0.05) is 19.3 Å². The van der Waals surface area contributed by atoms with Crippen LogP contribution in [0.2, 0.25) is 0 Å². The maximum Gasteiger partial charge on any atom is 0.323 e. The van der Waals surface area contributed by atoms with Crippen LogP contribution in [-0.4, -0.2) is 28.7 Å². The summed E-state index contributed by atoms with van der Waals surface area (Å²) in [4.78, 5) is 15.9. The molecule has 1 heterocycles. The largest absolute Gasteiger partial charge is 0.480 e. The molecule has 0 amide bonds. The van der Waals surface area contributed by atoms with Crippen molar-refractivity contribution in [2.24, 2.45) is 0 Å². The van der Waals surface area contributed by atoms with Crippen molar-refractivity contribution in [2.75, 3.05) is 7.11 Å². The van der Waals surface area contributed by atoms with Crippen molar-refractivity contribution in [2.45, 2.75) is 50.8 Å². The summed E-state index contributed by atoms with van der Waals surface area (Å²) < 4.78 is 5.03. The molecule has 0 unspecified atom stereocenters. The number of ether oxygens (including phenoxy) is 1. The van der Waals surface area contributed by atoms with Crippen LogP contribution >= 0.6 is 11.3 Å². The lowest BCUT2D eigenvalue weighted by molar-refractivity contribution is -0.146. The number of carboxylic acid groups (broad SMARTS) is 1. The smallest absolute Gasteiger partial charge is 0.323 e. The number of aliphatic carboxylic acids is 1. The number of nitrogens with one attached hydrogen (secondary N) is 1. The number of hydrogen-bond donors (Lipinski definition) is 2. The Bertz CT molecular complexity index is 427. The fraction of sp³-hybridized carbons (Fsp3) is 0.692. The van der Waals surface area contributed by atoms with E-state index in [1.54, 1.807) is 18.4 Å². The van der Waals surface area contributed by atoms with Gasteiger partial charge in [0.2, 0.25) is 0 Å². The van der Waals surface area contributed by atoms with Gasteiger partial charge in [-0.25, -0.2) is 4.98 Å². The van der Waals surface area contributed by atoms with Gasteiger partial charge in [0.15, 0.2) is 0 Å². The minimum absolute atomic E-state index is 0.506. The molecule has 2 rings (SSSR count). The molecule has 19 heavy (non-hydrogen) atoms. The van der Waals surface area contributed by atoms with Crippen molar-refractivity contribution >= 4 is 17.3 Å². The van der Waals surface area contributed by atoms with Gasteiger partial charge in [-0.15, -0.1) is 11.3 Å². The topological polar surface area (TPSA) is 71.5 Å². The van der Waals surface area contributed by atoms with Crippen molar-refractivity contribution in [1.29, 1.82) is 0 Å². The monoisotopic (exact) mass is 284 g/mol. The van der Waals surface area contributed by atoms with Crippen LogP contribution in [0.5, 0.6) is 0 Å². The first-order valence-corrected chi connectivity index (χ1v) is 7.45. The Morgan fingerprint density at radius 3 is 2.89 bits per heavy atom. The Balaban J connectivity index is 1.96. The second-order valence-electron chi connectivity index (χ2n) is 4.97. The van der Waals surface area contributed by atoms with E-state index in [9.17, 15) is 9.90 Å². The van der Waals surface area contributed by atoms with E-state index < -0.39 is 11.5 Å². The van der Waals surface area contributed by atoms with E-state index in [0.717, 1.165) is 30.0 Å². The van der Waals surface area contributed by atoms with Crippen LogP contribution < -0.4 is 5.32 Å². The average molecular weight is 284 g/mol. The first-order chi connectivity index (χ1) is 9.16. The summed E-state index contributed by atoms with van der Waals surface area (Å²) in [5, 5.41) is 15.5. The number of methoxy groups -OCH3 is 1. The van der Waals surface area contributed by atoms with Crippen molar-refractivity contribution in [3.8, 4) is 0 Å². The molecule has 0 aromatic carbocycles. The van der Waals surface area contributed by atoms with Gasteiger partial charge < -0.3 is 9.84 Å². The number of carboxylic acids is 1. The normalized spacial score (nSPS) is 18.4. The van der Waals surface area contributed by atoms with Gasteiger partial charge in [0.1, 0.15) is 10.5 Å². The summed E-state index contributed by atoms with van der Waals surface area (Å²) in [5.41, 5.74) is 0.131. The Hall–Kier alpha value is -0.980. The van der Waals surface area contributed by atoms with Gasteiger partial charge >= 0.3 is 5.97 Å². The highest BCUT2D eigenvalue weighted by Crippen LogP contribution is 2.29. The second kappa shape index (κ2) is 6.45. The summed E-state index contributed by atoms with van der Waals surface area (Å²) in [6, 6.07) is 0. The SMILES string of the molecule is COCc1nc(CNC2(C(=O)O)CCCCC2)cs1. The molecule has 5 nitrogen and oxygen atoms in total. The number of rotatable bonds is 6. The lowest BCUT2D eigenvalue weighted by Gasteiger charge is -2.33. The molecule has 0 saturated heterocycles. The molecule has 1 aliphatic carbocycles. The lowest BCUT2D eigenvalue weighted by Crippen LogP contribution is -2.52. The maximum absolute atomic E-state index is 11.5. The highest BCUT2D eigenvalue weighted by atomic mass is 32.1. The first kappa shape index (κ1) is 14.4. The number of thiazole rings is 1. The van der Waals surface area contributed by atoms with Crippen molar-refractivity contribution in [3.05, 3.63) is 16.1 Å². The van der Waals surface area contributed by atoms with Crippen LogP contribution in [0, 0.1) is 0 Å². The van der Waals surface area contributed by atoms with Crippen LogP contribution in [0.1, 0.15) is 42.8 Å². The zero-order valence-electron chi connectivity index (χ0n) is 11.1. The lowest BCUT2D eigenvalue weighted by atomic mass is 9.81. The molecule has 0 bridgehead atoms. The van der Waals surface area contributed by atoms with Gasteiger partial charge in [-0.05, 0) is 12.8 Å². The first-order valence-electron chi connectivity index (χ1n) is 6.57. The third kappa shape index (κ3) is 3.52. The molecule has 1 fully saturated rings. The standard InChI is InChI=1S/C13H20N2O3S/c1-18-8-11-15-10(9-19-11)7-14-13(12(16)17)5-3-2-4-6-13/h9,14H,2-8H2,1H3,(H,16,17). The molecule has 0 atom stereocenters. The summed E-state index contributed by atoms with van der Waals surface area (Å²) in [6.07, 6.45) is 4.50. The second-order valence-corrected chi connectivity index (χ2v) is 5.91. The highest BCUT2D eigenvalue weighted by molar-refractivity contribution is 7.09. The Morgan fingerprint density at radius 2 is 2.26 bits per heavy atom. The predicted octanol–water partition coefficient (Wildman–Crippen LogP) is 2.17. The number of hydrogen-bond acceptors (Lipinski definition) is 5. The summed E-state index contributed by atoms with van der Waals surface area (Å²) in [6.45, 7) is 1.02. The van der Waals surface area contributed by atoms with Crippen LogP contribution in [-0.2, 0) is 22.7 Å². The van der Waals surface area contributed by atoms with Gasteiger partial charge in [-0.3, -0.25) is 10.1 Å². The fourth-order valence-corrected chi connectivity index (χ4v) is 3.27. The molecule has 1 aromatic rings. The zero-order valence-corrected chi connectivity index (χ0v) is 12.0. The molecule has 0 aliphatic heterocycles. The Morgan fingerprint density at radius 1 is 1.53 bits per heavy atom. The van der Waals surface area contributed by atoms with E-state index in [1.165, 1.54) is 0 Å². The van der Waals surface area contributed by atoms with Crippen molar-refractivity contribution in [1.82, 2.24) is 10.3 Å². The highest BCUT2D eigenvalue weighted by Gasteiger charge is 2.39. The molecule has 2 N–H and O–H groups in total. The third-order valence-corrected chi connectivity index (χ3v) is 4.46. The van der Waals surface area contributed by atoms with Crippen LogP contribution in [0.25, 0.3) is 0 Å². The number of aromatic nitrogens is 1. The molecule has 1 aliphatic rings. The Labute approximate surface area is 117 Å². The minimum Gasteiger partial charge on any atom is -0.480 e. The van der Waals surface area contributed by atoms with Gasteiger partial charge in [0.25, 0.3) is 0 Å². The van der Waals surface area contributed by atoms with Gasteiger partial charge in [-0.2, -0.15) is 0 Å². The quantitative estimate of drug-likeness (QED) is 0.837. The van der Waals surface area contributed by atoms with E-state index in [-0.39, 0.29) is 0 Å². The van der Waals surface area contributed by atoms with Crippen LogP contribution in [0.4, 0.5) is 0 Å².